The van der Waals surface area contributed by atoms with Gasteiger partial charge in [-0.2, -0.15) is 0 Å². The van der Waals surface area contributed by atoms with E-state index in [1.54, 1.807) is 16.7 Å². The minimum absolute atomic E-state index is 0.00650. The van der Waals surface area contributed by atoms with Crippen LogP contribution >= 0.6 is 11.8 Å². The zero-order valence-corrected chi connectivity index (χ0v) is 11.7. The van der Waals surface area contributed by atoms with Gasteiger partial charge < -0.3 is 10.0 Å². The molecule has 0 spiro atoms. The predicted octanol–water partition coefficient (Wildman–Crippen LogP) is 1.80. The van der Waals surface area contributed by atoms with Gasteiger partial charge in [-0.15, -0.1) is 11.8 Å². The van der Waals surface area contributed by atoms with Crippen molar-refractivity contribution in [3.05, 3.63) is 0 Å². The van der Waals surface area contributed by atoms with Crippen LogP contribution in [0.5, 0.6) is 0 Å². The van der Waals surface area contributed by atoms with E-state index in [2.05, 4.69) is 0 Å². The number of amides is 1. The molecule has 3 atom stereocenters. The van der Waals surface area contributed by atoms with Gasteiger partial charge in [0.2, 0.25) is 5.91 Å². The summed E-state index contributed by atoms with van der Waals surface area (Å²) in [7, 11) is 0. The number of β-lactam (4-membered cyclic amide) rings is 1. The molecule has 2 rings (SSSR count). The summed E-state index contributed by atoms with van der Waals surface area (Å²) in [5.74, 6) is -0.963. The molecule has 0 saturated carbocycles. The summed E-state index contributed by atoms with van der Waals surface area (Å²) in [6, 6.07) is -0.691. The van der Waals surface area contributed by atoms with Crippen molar-refractivity contribution in [1.82, 2.24) is 4.90 Å². The average molecular weight is 257 g/mol. The Hall–Kier alpha value is -0.710. The summed E-state index contributed by atoms with van der Waals surface area (Å²) in [5.41, 5.74) is -0.102. The number of carboxylic acids is 1. The number of rotatable bonds is 1. The first-order chi connectivity index (χ1) is 7.57. The zero-order chi connectivity index (χ0) is 13.2. The molecule has 2 fully saturated rings. The summed E-state index contributed by atoms with van der Waals surface area (Å²) in [6.07, 6.45) is 0. The molecule has 0 radical (unpaired) electrons. The number of aliphatic carboxylic acids is 1. The van der Waals surface area contributed by atoms with Crippen LogP contribution in [-0.2, 0) is 9.59 Å². The largest absolute Gasteiger partial charge is 0.480 e. The number of nitrogens with zero attached hydrogens (tertiary/aromatic N) is 1. The van der Waals surface area contributed by atoms with Crippen LogP contribution in [0.15, 0.2) is 0 Å². The Morgan fingerprint density at radius 2 is 1.94 bits per heavy atom. The SMILES string of the molecule is CC(C)(C)[C@@H]1C(=O)N2[C@@H]1SC(C)(C)[C@@H]2C(=O)O. The molecule has 1 amide bonds. The van der Waals surface area contributed by atoms with Gasteiger partial charge in [-0.25, -0.2) is 4.79 Å². The van der Waals surface area contributed by atoms with Crippen LogP contribution in [0.25, 0.3) is 0 Å². The van der Waals surface area contributed by atoms with Gasteiger partial charge in [-0.05, 0) is 19.3 Å². The molecule has 17 heavy (non-hydrogen) atoms. The van der Waals surface area contributed by atoms with Gasteiger partial charge in [0.05, 0.1) is 11.3 Å². The van der Waals surface area contributed by atoms with Gasteiger partial charge in [-0.3, -0.25) is 4.79 Å². The van der Waals surface area contributed by atoms with Crippen LogP contribution in [0.1, 0.15) is 34.6 Å². The molecule has 4 nitrogen and oxygen atoms in total. The van der Waals surface area contributed by atoms with Gasteiger partial charge in [-0.1, -0.05) is 20.8 Å². The van der Waals surface area contributed by atoms with Crippen molar-refractivity contribution in [3.63, 3.8) is 0 Å². The van der Waals surface area contributed by atoms with Gasteiger partial charge in [0, 0.05) is 4.75 Å². The molecule has 2 heterocycles. The highest BCUT2D eigenvalue weighted by atomic mass is 32.2. The number of carboxylic acid groups (broad SMARTS) is 1. The number of hydrogen-bond donors (Lipinski definition) is 1. The molecular weight excluding hydrogens is 238 g/mol. The van der Waals surface area contributed by atoms with Crippen LogP contribution in [0, 0.1) is 11.3 Å². The highest BCUT2D eigenvalue weighted by Gasteiger charge is 2.65. The van der Waals surface area contributed by atoms with Gasteiger partial charge >= 0.3 is 5.97 Å². The second kappa shape index (κ2) is 3.40. The quantitative estimate of drug-likeness (QED) is 0.728. The standard InChI is InChI=1S/C12H19NO3S/c1-11(2,3)6-8(14)13-7(10(15)16)12(4,5)17-9(6)13/h6-7,9H,1-5H3,(H,15,16)/t6-,7+,9-/m1/s1. The summed E-state index contributed by atoms with van der Waals surface area (Å²) < 4.78 is -0.411. The van der Waals surface area contributed by atoms with Crippen molar-refractivity contribution in [2.75, 3.05) is 0 Å². The minimum Gasteiger partial charge on any atom is -0.480 e. The molecular formula is C12H19NO3S. The van der Waals surface area contributed by atoms with Crippen LogP contribution in [0.2, 0.25) is 0 Å². The lowest BCUT2D eigenvalue weighted by Gasteiger charge is -2.49. The normalized spacial score (nSPS) is 35.5. The fraction of sp³-hybridized carbons (Fsp3) is 0.833. The van der Waals surface area contributed by atoms with E-state index in [0.29, 0.717) is 0 Å². The molecule has 1 N–H and O–H groups in total. The Morgan fingerprint density at radius 1 is 1.41 bits per heavy atom. The average Bonchev–Trinajstić information content (AvgIpc) is 2.31. The molecule has 96 valence electrons. The maximum atomic E-state index is 12.1. The van der Waals surface area contributed by atoms with Crippen molar-refractivity contribution in [2.45, 2.75) is 50.8 Å². The van der Waals surface area contributed by atoms with Crippen molar-refractivity contribution >= 4 is 23.6 Å². The van der Waals surface area contributed by atoms with Crippen LogP contribution < -0.4 is 0 Å². The lowest BCUT2D eigenvalue weighted by molar-refractivity contribution is -0.168. The Bertz CT molecular complexity index is 386. The van der Waals surface area contributed by atoms with Crippen molar-refractivity contribution in [2.24, 2.45) is 11.3 Å². The number of carbonyl (C=O) groups is 2. The fourth-order valence-electron chi connectivity index (χ4n) is 2.81. The Balaban J connectivity index is 2.31. The first-order valence-corrected chi connectivity index (χ1v) is 6.68. The second-order valence-electron chi connectivity index (χ2n) is 6.44. The molecule has 0 unspecified atom stereocenters. The molecule has 0 aromatic rings. The van der Waals surface area contributed by atoms with Crippen molar-refractivity contribution < 1.29 is 14.7 Å². The minimum atomic E-state index is -0.897. The van der Waals surface area contributed by atoms with Gasteiger partial charge in [0.1, 0.15) is 6.04 Å². The predicted molar refractivity (Wildman–Crippen MR) is 66.7 cm³/mol. The molecule has 2 saturated heterocycles. The summed E-state index contributed by atoms with van der Waals surface area (Å²) >= 11 is 1.62. The lowest BCUT2D eigenvalue weighted by atomic mass is 9.74. The van der Waals surface area contributed by atoms with Crippen molar-refractivity contribution in [3.8, 4) is 0 Å². The Labute approximate surface area is 106 Å². The van der Waals surface area contributed by atoms with Crippen LogP contribution in [-0.4, -0.2) is 38.0 Å². The highest BCUT2D eigenvalue weighted by molar-refractivity contribution is 8.01. The van der Waals surface area contributed by atoms with E-state index in [1.165, 1.54) is 0 Å². The van der Waals surface area contributed by atoms with Crippen LogP contribution in [0.4, 0.5) is 0 Å². The van der Waals surface area contributed by atoms with Gasteiger partial charge in [0.25, 0.3) is 0 Å². The van der Waals surface area contributed by atoms with Gasteiger partial charge in [0.15, 0.2) is 0 Å². The monoisotopic (exact) mass is 257 g/mol. The molecule has 0 aromatic carbocycles. The zero-order valence-electron chi connectivity index (χ0n) is 10.9. The third kappa shape index (κ3) is 1.66. The topological polar surface area (TPSA) is 57.6 Å². The third-order valence-corrected chi connectivity index (χ3v) is 5.18. The molecule has 2 aliphatic heterocycles. The van der Waals surface area contributed by atoms with E-state index in [1.807, 2.05) is 34.6 Å². The smallest absolute Gasteiger partial charge is 0.327 e. The first kappa shape index (κ1) is 12.7. The highest BCUT2D eigenvalue weighted by Crippen LogP contribution is 2.57. The second-order valence-corrected chi connectivity index (χ2v) is 8.21. The maximum Gasteiger partial charge on any atom is 0.327 e. The molecule has 0 aromatic heterocycles. The number of fused-ring (bicyclic) bond motifs is 1. The van der Waals surface area contributed by atoms with E-state index >= 15 is 0 Å². The molecule has 5 heteroatoms. The van der Waals surface area contributed by atoms with Crippen LogP contribution in [0.3, 0.4) is 0 Å². The van der Waals surface area contributed by atoms with Crippen molar-refractivity contribution in [1.29, 1.82) is 0 Å². The van der Waals surface area contributed by atoms with E-state index < -0.39 is 16.8 Å². The molecule has 2 aliphatic rings. The fourth-order valence-corrected chi connectivity index (χ4v) is 4.78. The van der Waals surface area contributed by atoms with E-state index in [4.69, 9.17) is 0 Å². The Kier molecular flexibility index (Phi) is 2.55. The number of thioether (sulfide) groups is 1. The van der Waals surface area contributed by atoms with E-state index in [-0.39, 0.29) is 22.6 Å². The number of carbonyl (C=O) groups excluding carboxylic acids is 1. The lowest BCUT2D eigenvalue weighted by Crippen LogP contribution is -2.65. The Morgan fingerprint density at radius 3 is 2.35 bits per heavy atom. The summed E-state index contributed by atoms with van der Waals surface area (Å²) in [5, 5.41) is 9.30. The molecule has 0 bridgehead atoms. The summed E-state index contributed by atoms with van der Waals surface area (Å²) in [4.78, 5) is 25.0. The first-order valence-electron chi connectivity index (χ1n) is 5.80. The molecule has 0 aliphatic carbocycles. The summed E-state index contributed by atoms with van der Waals surface area (Å²) in [6.45, 7) is 9.92. The maximum absolute atomic E-state index is 12.1. The third-order valence-electron chi connectivity index (χ3n) is 3.61. The van der Waals surface area contributed by atoms with E-state index in [9.17, 15) is 14.7 Å². The number of hydrogen-bond acceptors (Lipinski definition) is 3. The van der Waals surface area contributed by atoms with E-state index in [0.717, 1.165) is 0 Å².